The van der Waals surface area contributed by atoms with Crippen LogP contribution in [0.5, 0.6) is 0 Å². The average molecular weight is 319 g/mol. The number of benzene rings is 2. The molecule has 0 atom stereocenters. The number of fused-ring (bicyclic) bond motifs is 1. The Morgan fingerprint density at radius 3 is 2.68 bits per heavy atom. The second-order valence-electron chi connectivity index (χ2n) is 5.89. The van der Waals surface area contributed by atoms with Gasteiger partial charge in [-0.05, 0) is 38.1 Å². The molecule has 114 valence electrons. The Hall–Kier alpha value is -2.07. The summed E-state index contributed by atoms with van der Waals surface area (Å²) in [7, 11) is 0. The van der Waals surface area contributed by atoms with Crippen molar-refractivity contribution in [3.05, 3.63) is 58.9 Å². The van der Waals surface area contributed by atoms with Crippen LogP contribution in [0.3, 0.4) is 0 Å². The number of anilines is 2. The molecule has 0 aliphatic carbocycles. The van der Waals surface area contributed by atoms with Crippen LogP contribution in [0.2, 0.25) is 5.02 Å². The smallest absolute Gasteiger partial charge is 0.252 e. The summed E-state index contributed by atoms with van der Waals surface area (Å²) < 4.78 is 14.1. The van der Waals surface area contributed by atoms with E-state index in [0.717, 1.165) is 11.4 Å². The third kappa shape index (κ3) is 2.55. The zero-order valence-electron chi connectivity index (χ0n) is 12.4. The van der Waals surface area contributed by atoms with Gasteiger partial charge < -0.3 is 10.2 Å². The number of para-hydroxylation sites is 2. The Bertz CT molecular complexity index is 745. The predicted molar refractivity (Wildman–Crippen MR) is 86.7 cm³/mol. The van der Waals surface area contributed by atoms with E-state index < -0.39 is 11.4 Å². The third-order valence-electron chi connectivity index (χ3n) is 3.77. The number of hydrogen-bond acceptors (Lipinski definition) is 2. The van der Waals surface area contributed by atoms with E-state index in [4.69, 9.17) is 11.6 Å². The third-order valence-corrected chi connectivity index (χ3v) is 4.00. The molecule has 2 aromatic carbocycles. The van der Waals surface area contributed by atoms with Gasteiger partial charge in [-0.3, -0.25) is 4.79 Å². The normalized spacial score (nSPS) is 16.2. The van der Waals surface area contributed by atoms with E-state index in [9.17, 15) is 9.18 Å². The van der Waals surface area contributed by atoms with Crippen LogP contribution in [-0.4, -0.2) is 11.4 Å². The van der Waals surface area contributed by atoms with Crippen LogP contribution >= 0.6 is 11.6 Å². The Kier molecular flexibility index (Phi) is 3.57. The van der Waals surface area contributed by atoms with Crippen LogP contribution in [-0.2, 0) is 11.3 Å². The number of hydrogen-bond donors (Lipinski definition) is 1. The molecule has 0 spiro atoms. The van der Waals surface area contributed by atoms with E-state index in [1.165, 1.54) is 6.07 Å². The first kappa shape index (κ1) is 14.9. The molecular weight excluding hydrogens is 303 g/mol. The highest BCUT2D eigenvalue weighted by atomic mass is 35.5. The SMILES string of the molecule is CC1(C)Nc2ccccc2N(Cc2ccc(Cl)cc2F)C1=O. The zero-order chi connectivity index (χ0) is 15.9. The Labute approximate surface area is 133 Å². The van der Waals surface area contributed by atoms with E-state index >= 15 is 0 Å². The largest absolute Gasteiger partial charge is 0.370 e. The van der Waals surface area contributed by atoms with Gasteiger partial charge in [-0.2, -0.15) is 0 Å². The van der Waals surface area contributed by atoms with E-state index in [-0.39, 0.29) is 12.5 Å². The summed E-state index contributed by atoms with van der Waals surface area (Å²) in [5.74, 6) is -0.505. The predicted octanol–water partition coefficient (Wildman–Crippen LogP) is 4.22. The highest BCUT2D eigenvalue weighted by Crippen LogP contribution is 2.36. The van der Waals surface area contributed by atoms with Gasteiger partial charge in [-0.1, -0.05) is 29.8 Å². The highest BCUT2D eigenvalue weighted by Gasteiger charge is 2.38. The minimum absolute atomic E-state index is 0.0967. The van der Waals surface area contributed by atoms with Crippen molar-refractivity contribution in [3.8, 4) is 0 Å². The first-order chi connectivity index (χ1) is 10.4. The first-order valence-corrected chi connectivity index (χ1v) is 7.39. The lowest BCUT2D eigenvalue weighted by Crippen LogP contribution is -2.53. The van der Waals surface area contributed by atoms with Crippen molar-refractivity contribution in [1.29, 1.82) is 0 Å². The molecule has 0 unspecified atom stereocenters. The van der Waals surface area contributed by atoms with Crippen LogP contribution in [0, 0.1) is 5.82 Å². The fourth-order valence-electron chi connectivity index (χ4n) is 2.63. The maximum absolute atomic E-state index is 14.1. The van der Waals surface area contributed by atoms with Crippen molar-refractivity contribution in [3.63, 3.8) is 0 Å². The van der Waals surface area contributed by atoms with E-state index in [2.05, 4.69) is 5.32 Å². The number of nitrogens with one attached hydrogen (secondary N) is 1. The summed E-state index contributed by atoms with van der Waals surface area (Å²) in [5.41, 5.74) is 1.31. The summed E-state index contributed by atoms with van der Waals surface area (Å²) in [6.45, 7) is 3.80. The second kappa shape index (κ2) is 5.29. The molecule has 1 amide bonds. The number of amides is 1. The minimum Gasteiger partial charge on any atom is -0.370 e. The molecule has 0 bridgehead atoms. The van der Waals surface area contributed by atoms with Gasteiger partial charge in [0.2, 0.25) is 0 Å². The molecule has 2 aromatic rings. The molecule has 22 heavy (non-hydrogen) atoms. The molecule has 0 aromatic heterocycles. The van der Waals surface area contributed by atoms with Gasteiger partial charge in [0.25, 0.3) is 5.91 Å². The number of carbonyl (C=O) groups is 1. The van der Waals surface area contributed by atoms with Gasteiger partial charge in [0.1, 0.15) is 11.4 Å². The Balaban J connectivity index is 2.03. The van der Waals surface area contributed by atoms with Gasteiger partial charge >= 0.3 is 0 Å². The van der Waals surface area contributed by atoms with Crippen LogP contribution < -0.4 is 10.2 Å². The average Bonchev–Trinajstić information content (AvgIpc) is 2.45. The van der Waals surface area contributed by atoms with Gasteiger partial charge in [-0.25, -0.2) is 4.39 Å². The van der Waals surface area contributed by atoms with Crippen LogP contribution in [0.4, 0.5) is 15.8 Å². The first-order valence-electron chi connectivity index (χ1n) is 7.01. The van der Waals surface area contributed by atoms with Crippen LogP contribution in [0.15, 0.2) is 42.5 Å². The Morgan fingerprint density at radius 2 is 1.95 bits per heavy atom. The fourth-order valence-corrected chi connectivity index (χ4v) is 2.79. The van der Waals surface area contributed by atoms with Gasteiger partial charge in [-0.15, -0.1) is 0 Å². The molecule has 0 fully saturated rings. The van der Waals surface area contributed by atoms with E-state index in [1.807, 2.05) is 38.1 Å². The van der Waals surface area contributed by atoms with Crippen LogP contribution in [0.1, 0.15) is 19.4 Å². The van der Waals surface area contributed by atoms with Gasteiger partial charge in [0.05, 0.1) is 17.9 Å². The molecule has 0 radical (unpaired) electrons. The molecule has 3 rings (SSSR count). The standard InChI is InChI=1S/C17H16ClFN2O/c1-17(2)16(22)21(15-6-4-3-5-14(15)20-17)10-11-7-8-12(18)9-13(11)19/h3-9,20H,10H2,1-2H3. The summed E-state index contributed by atoms with van der Waals surface area (Å²) in [4.78, 5) is 14.3. The zero-order valence-corrected chi connectivity index (χ0v) is 13.1. The van der Waals surface area contributed by atoms with Crippen molar-refractivity contribution in [2.45, 2.75) is 25.9 Å². The number of halogens is 2. The molecule has 1 heterocycles. The van der Waals surface area contributed by atoms with Gasteiger partial charge in [0.15, 0.2) is 0 Å². The number of rotatable bonds is 2. The number of nitrogens with zero attached hydrogens (tertiary/aromatic N) is 1. The lowest BCUT2D eigenvalue weighted by molar-refractivity contribution is -0.122. The molecule has 1 aliphatic heterocycles. The quantitative estimate of drug-likeness (QED) is 0.899. The monoisotopic (exact) mass is 318 g/mol. The lowest BCUT2D eigenvalue weighted by atomic mass is 9.97. The summed E-state index contributed by atoms with van der Waals surface area (Å²) in [6, 6.07) is 12.0. The van der Waals surface area contributed by atoms with Crippen molar-refractivity contribution in [2.24, 2.45) is 0 Å². The van der Waals surface area contributed by atoms with E-state index in [0.29, 0.717) is 10.6 Å². The number of carbonyl (C=O) groups excluding carboxylic acids is 1. The maximum Gasteiger partial charge on any atom is 0.252 e. The maximum atomic E-state index is 14.1. The molecule has 0 saturated heterocycles. The molecule has 0 saturated carbocycles. The van der Waals surface area contributed by atoms with Crippen molar-refractivity contribution in [1.82, 2.24) is 0 Å². The second-order valence-corrected chi connectivity index (χ2v) is 6.33. The molecular formula is C17H16ClFN2O. The molecule has 5 heteroatoms. The Morgan fingerprint density at radius 1 is 1.23 bits per heavy atom. The molecule has 3 nitrogen and oxygen atoms in total. The van der Waals surface area contributed by atoms with E-state index in [1.54, 1.807) is 17.0 Å². The lowest BCUT2D eigenvalue weighted by Gasteiger charge is -2.40. The van der Waals surface area contributed by atoms with Gasteiger partial charge in [0, 0.05) is 10.6 Å². The minimum atomic E-state index is -0.739. The molecule has 1 N–H and O–H groups in total. The molecule has 1 aliphatic rings. The fraction of sp³-hybridized carbons (Fsp3) is 0.235. The summed E-state index contributed by atoms with van der Waals surface area (Å²) in [6.07, 6.45) is 0. The van der Waals surface area contributed by atoms with Crippen molar-refractivity contribution < 1.29 is 9.18 Å². The highest BCUT2D eigenvalue weighted by molar-refractivity contribution is 6.30. The summed E-state index contributed by atoms with van der Waals surface area (Å²) in [5, 5.41) is 3.56. The topological polar surface area (TPSA) is 32.3 Å². The summed E-state index contributed by atoms with van der Waals surface area (Å²) >= 11 is 5.78. The van der Waals surface area contributed by atoms with Crippen LogP contribution in [0.25, 0.3) is 0 Å². The van der Waals surface area contributed by atoms with Crippen molar-refractivity contribution in [2.75, 3.05) is 10.2 Å². The van der Waals surface area contributed by atoms with Crippen molar-refractivity contribution >= 4 is 28.9 Å².